The smallest absolute Gasteiger partial charge is 0.0292 e. The predicted molar refractivity (Wildman–Crippen MR) is 57.5 cm³/mol. The van der Waals surface area contributed by atoms with Crippen molar-refractivity contribution in [2.24, 2.45) is 23.7 Å². The topological polar surface area (TPSA) is 0 Å². The Balaban J connectivity index is 2.06. The summed E-state index contributed by atoms with van der Waals surface area (Å²) in [5.41, 5.74) is 1.52. The first-order valence-electron chi connectivity index (χ1n) is 5.85. The van der Waals surface area contributed by atoms with Gasteiger partial charge >= 0.3 is 0 Å². The molecule has 4 atom stereocenters. The van der Waals surface area contributed by atoms with Crippen LogP contribution < -0.4 is 0 Å². The van der Waals surface area contributed by atoms with E-state index in [9.17, 15) is 0 Å². The van der Waals surface area contributed by atoms with E-state index in [1.807, 2.05) is 0 Å². The van der Waals surface area contributed by atoms with E-state index in [2.05, 4.69) is 20.4 Å². The van der Waals surface area contributed by atoms with Gasteiger partial charge in [-0.05, 0) is 49.4 Å². The van der Waals surface area contributed by atoms with Crippen molar-refractivity contribution in [2.45, 2.75) is 46.0 Å². The van der Waals surface area contributed by atoms with Crippen LogP contribution >= 0.6 is 0 Å². The van der Waals surface area contributed by atoms with Crippen LogP contribution in [-0.2, 0) is 0 Å². The summed E-state index contributed by atoms with van der Waals surface area (Å²) >= 11 is 0. The molecule has 0 aromatic carbocycles. The van der Waals surface area contributed by atoms with Gasteiger partial charge in [0.25, 0.3) is 0 Å². The van der Waals surface area contributed by atoms with Gasteiger partial charge in [-0.25, -0.2) is 0 Å². The summed E-state index contributed by atoms with van der Waals surface area (Å²) in [7, 11) is 0. The van der Waals surface area contributed by atoms with E-state index in [4.69, 9.17) is 0 Å². The predicted octanol–water partition coefficient (Wildman–Crippen LogP) is 4.02. The van der Waals surface area contributed by atoms with Crippen molar-refractivity contribution < 1.29 is 0 Å². The van der Waals surface area contributed by atoms with Crippen LogP contribution in [0, 0.1) is 23.7 Å². The third-order valence-corrected chi connectivity index (χ3v) is 4.55. The van der Waals surface area contributed by atoms with Crippen molar-refractivity contribution >= 4 is 0 Å². The highest BCUT2D eigenvalue weighted by molar-refractivity contribution is 5.03. The second kappa shape index (κ2) is 3.48. The normalized spacial score (nSPS) is 45.8. The van der Waals surface area contributed by atoms with Crippen molar-refractivity contribution in [1.29, 1.82) is 0 Å². The van der Waals surface area contributed by atoms with Crippen LogP contribution in [0.3, 0.4) is 0 Å². The van der Waals surface area contributed by atoms with Crippen LogP contribution in [0.2, 0.25) is 0 Å². The number of hydrogen-bond acceptors (Lipinski definition) is 0. The van der Waals surface area contributed by atoms with E-state index in [1.165, 1.54) is 37.7 Å². The molecule has 4 unspecified atom stereocenters. The molecule has 0 heteroatoms. The lowest BCUT2D eigenvalue weighted by Gasteiger charge is -2.43. The quantitative estimate of drug-likeness (QED) is 0.491. The van der Waals surface area contributed by atoms with Gasteiger partial charge in [-0.1, -0.05) is 32.4 Å². The Morgan fingerprint density at radius 1 is 1.15 bits per heavy atom. The molecular weight excluding hydrogens is 156 g/mol. The molecule has 0 saturated heterocycles. The second-order valence-corrected chi connectivity index (χ2v) is 5.33. The number of fused-ring (bicyclic) bond motifs is 1. The molecule has 0 bridgehead atoms. The Morgan fingerprint density at radius 2 is 1.92 bits per heavy atom. The Kier molecular flexibility index (Phi) is 2.49. The zero-order valence-electron chi connectivity index (χ0n) is 9.05. The highest BCUT2D eigenvalue weighted by Gasteiger charge is 2.36. The largest absolute Gasteiger partial charge is 0.0999 e. The fourth-order valence-corrected chi connectivity index (χ4v) is 3.40. The average Bonchev–Trinajstić information content (AvgIpc) is 2.12. The van der Waals surface area contributed by atoms with Gasteiger partial charge in [0.1, 0.15) is 0 Å². The molecule has 2 aliphatic rings. The zero-order valence-corrected chi connectivity index (χ0v) is 9.05. The Hall–Kier alpha value is -0.260. The first kappa shape index (κ1) is 9.30. The first-order valence-corrected chi connectivity index (χ1v) is 5.85. The molecule has 0 N–H and O–H groups in total. The van der Waals surface area contributed by atoms with Gasteiger partial charge in [0.15, 0.2) is 0 Å². The SMILES string of the molecule is C=C1CCC2C(CCC(C)C2C)C1. The molecule has 0 radical (unpaired) electrons. The van der Waals surface area contributed by atoms with Crippen LogP contribution in [-0.4, -0.2) is 0 Å². The van der Waals surface area contributed by atoms with Gasteiger partial charge in [0.2, 0.25) is 0 Å². The lowest BCUT2D eigenvalue weighted by atomic mass is 9.62. The minimum Gasteiger partial charge on any atom is -0.0999 e. The van der Waals surface area contributed by atoms with Crippen molar-refractivity contribution in [1.82, 2.24) is 0 Å². The summed E-state index contributed by atoms with van der Waals surface area (Å²) in [6.45, 7) is 9.05. The summed E-state index contributed by atoms with van der Waals surface area (Å²) in [5.74, 6) is 3.95. The maximum Gasteiger partial charge on any atom is -0.0292 e. The molecule has 2 rings (SSSR count). The highest BCUT2D eigenvalue weighted by atomic mass is 14.4. The standard InChI is InChI=1S/C13H22/c1-9-4-7-13-11(3)10(2)5-6-12(13)8-9/h10-13H,1,4-8H2,2-3H3. The van der Waals surface area contributed by atoms with Crippen LogP contribution in [0.15, 0.2) is 12.2 Å². The molecular formula is C13H22. The molecule has 0 aromatic rings. The molecule has 0 spiro atoms. The Labute approximate surface area is 82.4 Å². The summed E-state index contributed by atoms with van der Waals surface area (Å²) in [5, 5.41) is 0. The van der Waals surface area contributed by atoms with Crippen molar-refractivity contribution in [3.05, 3.63) is 12.2 Å². The summed E-state index contributed by atoms with van der Waals surface area (Å²) in [6.07, 6.45) is 6.99. The second-order valence-electron chi connectivity index (χ2n) is 5.33. The van der Waals surface area contributed by atoms with Crippen LogP contribution in [0.1, 0.15) is 46.0 Å². The maximum absolute atomic E-state index is 4.15. The number of rotatable bonds is 0. The molecule has 0 aromatic heterocycles. The van der Waals surface area contributed by atoms with E-state index in [0.717, 1.165) is 23.7 Å². The third-order valence-electron chi connectivity index (χ3n) is 4.55. The van der Waals surface area contributed by atoms with Crippen LogP contribution in [0.4, 0.5) is 0 Å². The molecule has 2 saturated carbocycles. The Morgan fingerprint density at radius 3 is 2.69 bits per heavy atom. The van der Waals surface area contributed by atoms with Crippen molar-refractivity contribution in [3.8, 4) is 0 Å². The minimum atomic E-state index is 0.965. The lowest BCUT2D eigenvalue weighted by molar-refractivity contribution is 0.0896. The van der Waals surface area contributed by atoms with Gasteiger partial charge in [0, 0.05) is 0 Å². The molecule has 0 aliphatic heterocycles. The van der Waals surface area contributed by atoms with E-state index >= 15 is 0 Å². The first-order chi connectivity index (χ1) is 6.18. The number of allylic oxidation sites excluding steroid dienone is 1. The van der Waals surface area contributed by atoms with Crippen LogP contribution in [0.25, 0.3) is 0 Å². The fourth-order valence-electron chi connectivity index (χ4n) is 3.40. The molecule has 74 valence electrons. The zero-order chi connectivity index (χ0) is 9.42. The van der Waals surface area contributed by atoms with E-state index < -0.39 is 0 Å². The summed E-state index contributed by atoms with van der Waals surface area (Å²) in [4.78, 5) is 0. The summed E-state index contributed by atoms with van der Waals surface area (Å²) < 4.78 is 0. The van der Waals surface area contributed by atoms with Gasteiger partial charge in [-0.2, -0.15) is 0 Å². The molecule has 13 heavy (non-hydrogen) atoms. The van der Waals surface area contributed by atoms with Crippen molar-refractivity contribution in [3.63, 3.8) is 0 Å². The van der Waals surface area contributed by atoms with Gasteiger partial charge in [0.05, 0.1) is 0 Å². The van der Waals surface area contributed by atoms with Gasteiger partial charge < -0.3 is 0 Å². The van der Waals surface area contributed by atoms with Gasteiger partial charge in [-0.15, -0.1) is 0 Å². The highest BCUT2D eigenvalue weighted by Crippen LogP contribution is 2.46. The van der Waals surface area contributed by atoms with Gasteiger partial charge in [-0.3, -0.25) is 0 Å². The molecule has 0 nitrogen and oxygen atoms in total. The average molecular weight is 178 g/mol. The third kappa shape index (κ3) is 1.68. The number of hydrogen-bond donors (Lipinski definition) is 0. The van der Waals surface area contributed by atoms with E-state index in [1.54, 1.807) is 0 Å². The van der Waals surface area contributed by atoms with E-state index in [-0.39, 0.29) is 0 Å². The molecule has 2 fully saturated rings. The van der Waals surface area contributed by atoms with Crippen LogP contribution in [0.5, 0.6) is 0 Å². The van der Waals surface area contributed by atoms with E-state index in [0.29, 0.717) is 0 Å². The monoisotopic (exact) mass is 178 g/mol. The van der Waals surface area contributed by atoms with Crippen molar-refractivity contribution in [2.75, 3.05) is 0 Å². The minimum absolute atomic E-state index is 0.965. The summed E-state index contributed by atoms with van der Waals surface area (Å²) in [6, 6.07) is 0. The molecule has 2 aliphatic carbocycles. The molecule has 0 amide bonds. The lowest BCUT2D eigenvalue weighted by Crippen LogP contribution is -2.34. The Bertz CT molecular complexity index is 204. The maximum atomic E-state index is 4.15. The molecule has 0 heterocycles. The fraction of sp³-hybridized carbons (Fsp3) is 0.846.